The molecule has 0 aliphatic heterocycles. The Morgan fingerprint density at radius 2 is 1.79 bits per heavy atom. The predicted molar refractivity (Wildman–Crippen MR) is 102 cm³/mol. The minimum atomic E-state index is -0.406. The molecule has 3 aromatic rings. The van der Waals surface area contributed by atoms with Gasteiger partial charge in [0.25, 0.3) is 5.69 Å². The van der Waals surface area contributed by atoms with E-state index in [9.17, 15) is 10.1 Å². The first-order chi connectivity index (χ1) is 11.1. The van der Waals surface area contributed by atoms with Crippen molar-refractivity contribution in [2.75, 3.05) is 0 Å². The zero-order chi connectivity index (χ0) is 16.2. The van der Waals surface area contributed by atoms with E-state index in [4.69, 9.17) is 5.73 Å². The number of nitro benzene ring substituents is 1. The predicted octanol–water partition coefficient (Wildman–Crippen LogP) is 4.54. The number of non-ortho nitro benzene ring substituents is 1. The standard InChI is InChI=1S/C17H15N3O2S.BrH/c18-15(10-12-6-8-14(9-7-12)20(21)22)16-11-23-17(19-16)13-4-2-1-3-5-13;/h1-9,11,15H,10,18H2;1H/t15-;/m0./s1. The largest absolute Gasteiger partial charge is 0.322 e. The van der Waals surface area contributed by atoms with E-state index in [1.807, 2.05) is 35.7 Å². The summed E-state index contributed by atoms with van der Waals surface area (Å²) >= 11 is 1.57. The summed E-state index contributed by atoms with van der Waals surface area (Å²) in [6.07, 6.45) is 0.593. The number of hydrogen-bond acceptors (Lipinski definition) is 5. The van der Waals surface area contributed by atoms with Crippen molar-refractivity contribution in [3.63, 3.8) is 0 Å². The van der Waals surface area contributed by atoms with Gasteiger partial charge in [-0.1, -0.05) is 42.5 Å². The minimum Gasteiger partial charge on any atom is -0.322 e. The van der Waals surface area contributed by atoms with Crippen LogP contribution in [-0.2, 0) is 6.42 Å². The van der Waals surface area contributed by atoms with Crippen molar-refractivity contribution in [2.24, 2.45) is 5.73 Å². The first-order valence-corrected chi connectivity index (χ1v) is 8.01. The van der Waals surface area contributed by atoms with Crippen LogP contribution in [0.5, 0.6) is 0 Å². The summed E-state index contributed by atoms with van der Waals surface area (Å²) in [5.74, 6) is 0. The number of nitrogens with zero attached hydrogens (tertiary/aromatic N) is 2. The van der Waals surface area contributed by atoms with Crippen molar-refractivity contribution >= 4 is 34.0 Å². The molecule has 7 heteroatoms. The molecular formula is C17H16BrN3O2S. The molecule has 0 amide bonds. The number of nitrogens with two attached hydrogens (primary N) is 1. The summed E-state index contributed by atoms with van der Waals surface area (Å²) in [6.45, 7) is 0. The molecule has 1 heterocycles. The third-order valence-electron chi connectivity index (χ3n) is 3.53. The number of halogens is 1. The van der Waals surface area contributed by atoms with Gasteiger partial charge in [0, 0.05) is 23.1 Å². The Hall–Kier alpha value is -2.09. The molecule has 1 aromatic heterocycles. The summed E-state index contributed by atoms with van der Waals surface area (Å²) in [5, 5.41) is 13.6. The van der Waals surface area contributed by atoms with Gasteiger partial charge in [-0.25, -0.2) is 4.98 Å². The average molecular weight is 406 g/mol. The molecule has 0 aliphatic carbocycles. The van der Waals surface area contributed by atoms with Crippen LogP contribution in [0.1, 0.15) is 17.3 Å². The lowest BCUT2D eigenvalue weighted by atomic mass is 10.0. The van der Waals surface area contributed by atoms with E-state index in [1.54, 1.807) is 23.5 Å². The van der Waals surface area contributed by atoms with Crippen molar-refractivity contribution in [3.8, 4) is 10.6 Å². The van der Waals surface area contributed by atoms with Gasteiger partial charge in [0.1, 0.15) is 5.01 Å². The smallest absolute Gasteiger partial charge is 0.269 e. The molecular weight excluding hydrogens is 390 g/mol. The molecule has 0 spiro atoms. The van der Waals surface area contributed by atoms with Crippen LogP contribution in [0, 0.1) is 10.1 Å². The van der Waals surface area contributed by atoms with Gasteiger partial charge < -0.3 is 5.73 Å². The molecule has 124 valence electrons. The van der Waals surface area contributed by atoms with Gasteiger partial charge in [-0.2, -0.15) is 0 Å². The Morgan fingerprint density at radius 1 is 1.12 bits per heavy atom. The number of rotatable bonds is 5. The van der Waals surface area contributed by atoms with E-state index in [-0.39, 0.29) is 28.7 Å². The van der Waals surface area contributed by atoms with Gasteiger partial charge in [0.05, 0.1) is 16.7 Å². The summed E-state index contributed by atoms with van der Waals surface area (Å²) in [7, 11) is 0. The van der Waals surface area contributed by atoms with Gasteiger partial charge in [0.2, 0.25) is 0 Å². The Kier molecular flexibility index (Phi) is 6.19. The second-order valence-electron chi connectivity index (χ2n) is 5.18. The normalized spacial score (nSPS) is 11.5. The summed E-state index contributed by atoms with van der Waals surface area (Å²) < 4.78 is 0. The zero-order valence-corrected chi connectivity index (χ0v) is 15.2. The van der Waals surface area contributed by atoms with Crippen LogP contribution < -0.4 is 5.73 Å². The molecule has 0 saturated heterocycles. The highest BCUT2D eigenvalue weighted by Crippen LogP contribution is 2.26. The SMILES string of the molecule is Br.N[C@@H](Cc1ccc([N+](=O)[O-])cc1)c1csc(-c2ccccc2)n1. The molecule has 0 aliphatic rings. The second-order valence-corrected chi connectivity index (χ2v) is 6.04. The molecule has 1 atom stereocenters. The van der Waals surface area contributed by atoms with Crippen LogP contribution in [0.4, 0.5) is 5.69 Å². The van der Waals surface area contributed by atoms with Gasteiger partial charge in [-0.05, 0) is 12.0 Å². The molecule has 0 saturated carbocycles. The van der Waals surface area contributed by atoms with Gasteiger partial charge in [-0.15, -0.1) is 28.3 Å². The summed E-state index contributed by atoms with van der Waals surface area (Å²) in [5.41, 5.74) is 9.18. The Morgan fingerprint density at radius 3 is 2.42 bits per heavy atom. The van der Waals surface area contributed by atoms with E-state index in [2.05, 4.69) is 4.98 Å². The number of nitro groups is 1. The number of aromatic nitrogens is 1. The highest BCUT2D eigenvalue weighted by Gasteiger charge is 2.13. The Labute approximate surface area is 154 Å². The van der Waals surface area contributed by atoms with Crippen LogP contribution >= 0.6 is 28.3 Å². The molecule has 3 rings (SSSR count). The maximum Gasteiger partial charge on any atom is 0.269 e. The molecule has 0 fully saturated rings. The van der Waals surface area contributed by atoms with E-state index in [0.717, 1.165) is 21.8 Å². The van der Waals surface area contributed by atoms with E-state index >= 15 is 0 Å². The molecule has 0 radical (unpaired) electrons. The van der Waals surface area contributed by atoms with Crippen LogP contribution in [0.25, 0.3) is 10.6 Å². The quantitative estimate of drug-likeness (QED) is 0.498. The fraction of sp³-hybridized carbons (Fsp3) is 0.118. The van der Waals surface area contributed by atoms with Crippen molar-refractivity contribution < 1.29 is 4.92 Å². The van der Waals surface area contributed by atoms with Gasteiger partial charge >= 0.3 is 0 Å². The highest BCUT2D eigenvalue weighted by atomic mass is 79.9. The minimum absolute atomic E-state index is 0. The molecule has 0 unspecified atom stereocenters. The zero-order valence-electron chi connectivity index (χ0n) is 12.7. The molecule has 2 aromatic carbocycles. The van der Waals surface area contributed by atoms with E-state index in [0.29, 0.717) is 6.42 Å². The monoisotopic (exact) mass is 405 g/mol. The fourth-order valence-electron chi connectivity index (χ4n) is 2.28. The number of thiazole rings is 1. The Bertz CT molecular complexity index is 806. The van der Waals surface area contributed by atoms with Crippen LogP contribution in [0.3, 0.4) is 0 Å². The molecule has 0 bridgehead atoms. The topological polar surface area (TPSA) is 82.0 Å². The van der Waals surface area contributed by atoms with E-state index < -0.39 is 4.92 Å². The fourth-order valence-corrected chi connectivity index (χ4v) is 3.17. The lowest BCUT2D eigenvalue weighted by molar-refractivity contribution is -0.384. The molecule has 24 heavy (non-hydrogen) atoms. The molecule has 2 N–H and O–H groups in total. The maximum absolute atomic E-state index is 10.7. The lowest BCUT2D eigenvalue weighted by Gasteiger charge is -2.08. The number of benzene rings is 2. The van der Waals surface area contributed by atoms with Crippen molar-refractivity contribution in [2.45, 2.75) is 12.5 Å². The maximum atomic E-state index is 10.7. The summed E-state index contributed by atoms with van der Waals surface area (Å²) in [4.78, 5) is 14.9. The summed E-state index contributed by atoms with van der Waals surface area (Å²) in [6, 6.07) is 16.2. The third kappa shape index (κ3) is 4.25. The van der Waals surface area contributed by atoms with E-state index in [1.165, 1.54) is 12.1 Å². The first kappa shape index (κ1) is 18.3. The van der Waals surface area contributed by atoms with Gasteiger partial charge in [0.15, 0.2) is 0 Å². The number of hydrogen-bond donors (Lipinski definition) is 1. The lowest BCUT2D eigenvalue weighted by Crippen LogP contribution is -2.13. The third-order valence-corrected chi connectivity index (χ3v) is 4.43. The second kappa shape index (κ2) is 8.14. The van der Waals surface area contributed by atoms with Crippen molar-refractivity contribution in [1.82, 2.24) is 4.98 Å². The van der Waals surface area contributed by atoms with Gasteiger partial charge in [-0.3, -0.25) is 10.1 Å². The Balaban J connectivity index is 0.00000208. The van der Waals surface area contributed by atoms with Crippen LogP contribution in [-0.4, -0.2) is 9.91 Å². The van der Waals surface area contributed by atoms with Crippen molar-refractivity contribution in [3.05, 3.63) is 81.3 Å². The van der Waals surface area contributed by atoms with Crippen LogP contribution in [0.2, 0.25) is 0 Å². The average Bonchev–Trinajstić information content (AvgIpc) is 3.06. The molecule has 5 nitrogen and oxygen atoms in total. The first-order valence-electron chi connectivity index (χ1n) is 7.13. The highest BCUT2D eigenvalue weighted by molar-refractivity contribution is 8.93. The van der Waals surface area contributed by atoms with Crippen molar-refractivity contribution in [1.29, 1.82) is 0 Å². The van der Waals surface area contributed by atoms with Crippen LogP contribution in [0.15, 0.2) is 60.0 Å².